The molecule has 82 valence electrons. The van der Waals surface area contributed by atoms with Crippen molar-refractivity contribution in [2.75, 3.05) is 13.7 Å². The van der Waals surface area contributed by atoms with Gasteiger partial charge in [-0.1, -0.05) is 5.21 Å². The van der Waals surface area contributed by atoms with Crippen molar-refractivity contribution >= 4 is 6.29 Å². The van der Waals surface area contributed by atoms with Crippen LogP contribution in [0.1, 0.15) is 41.4 Å². The van der Waals surface area contributed by atoms with Crippen LogP contribution in [-0.2, 0) is 11.3 Å². The zero-order valence-corrected chi connectivity index (χ0v) is 8.85. The number of carbonyl (C=O) groups is 1. The Kier molecular flexibility index (Phi) is 3.11. The maximum absolute atomic E-state index is 10.8. The van der Waals surface area contributed by atoms with Crippen molar-refractivity contribution in [3.63, 3.8) is 0 Å². The highest BCUT2D eigenvalue weighted by molar-refractivity contribution is 5.73. The first-order valence-electron chi connectivity index (χ1n) is 5.24. The SMILES string of the molecule is COCCCn1nnc(C=O)c1C1CC1. The summed E-state index contributed by atoms with van der Waals surface area (Å²) < 4.78 is 6.83. The zero-order chi connectivity index (χ0) is 10.7. The van der Waals surface area contributed by atoms with E-state index in [9.17, 15) is 4.79 Å². The molecular formula is C10H15N3O2. The summed E-state index contributed by atoms with van der Waals surface area (Å²) in [6.07, 6.45) is 4.00. The molecule has 0 N–H and O–H groups in total. The fourth-order valence-corrected chi connectivity index (χ4v) is 1.72. The minimum atomic E-state index is 0.503. The van der Waals surface area contributed by atoms with Crippen LogP contribution in [0.5, 0.6) is 0 Å². The normalized spacial score (nSPS) is 15.5. The fourth-order valence-electron chi connectivity index (χ4n) is 1.72. The zero-order valence-electron chi connectivity index (χ0n) is 8.85. The Bertz CT molecular complexity index is 344. The minimum absolute atomic E-state index is 0.503. The van der Waals surface area contributed by atoms with Gasteiger partial charge in [0.15, 0.2) is 6.29 Å². The summed E-state index contributed by atoms with van der Waals surface area (Å²) in [4.78, 5) is 10.8. The second-order valence-corrected chi connectivity index (χ2v) is 3.82. The summed E-state index contributed by atoms with van der Waals surface area (Å²) in [7, 11) is 1.68. The maximum Gasteiger partial charge on any atom is 0.172 e. The van der Waals surface area contributed by atoms with E-state index in [-0.39, 0.29) is 0 Å². The molecule has 0 atom stereocenters. The summed E-state index contributed by atoms with van der Waals surface area (Å²) in [6, 6.07) is 0. The molecule has 5 nitrogen and oxygen atoms in total. The average molecular weight is 209 g/mol. The van der Waals surface area contributed by atoms with Gasteiger partial charge in [-0.15, -0.1) is 5.10 Å². The van der Waals surface area contributed by atoms with Crippen molar-refractivity contribution in [3.05, 3.63) is 11.4 Å². The molecule has 1 aliphatic carbocycles. The summed E-state index contributed by atoms with van der Waals surface area (Å²) in [5, 5.41) is 7.88. The van der Waals surface area contributed by atoms with Gasteiger partial charge in [-0.05, 0) is 19.3 Å². The number of rotatable bonds is 6. The Hall–Kier alpha value is -1.23. The van der Waals surface area contributed by atoms with Crippen LogP contribution in [0.4, 0.5) is 0 Å². The molecule has 0 unspecified atom stereocenters. The first kappa shape index (κ1) is 10.3. The first-order chi connectivity index (χ1) is 7.36. The van der Waals surface area contributed by atoms with Crippen LogP contribution in [0.15, 0.2) is 0 Å². The van der Waals surface area contributed by atoms with Crippen LogP contribution in [0.3, 0.4) is 0 Å². The van der Waals surface area contributed by atoms with Crippen LogP contribution < -0.4 is 0 Å². The largest absolute Gasteiger partial charge is 0.385 e. The van der Waals surface area contributed by atoms with E-state index in [1.54, 1.807) is 7.11 Å². The van der Waals surface area contributed by atoms with Crippen LogP contribution in [-0.4, -0.2) is 35.0 Å². The Labute approximate surface area is 88.4 Å². The van der Waals surface area contributed by atoms with Gasteiger partial charge in [-0.3, -0.25) is 4.79 Å². The van der Waals surface area contributed by atoms with Crippen LogP contribution >= 0.6 is 0 Å². The van der Waals surface area contributed by atoms with E-state index < -0.39 is 0 Å². The number of carbonyl (C=O) groups excluding carboxylic acids is 1. The maximum atomic E-state index is 10.8. The van der Waals surface area contributed by atoms with Gasteiger partial charge in [0, 0.05) is 26.2 Å². The molecule has 0 bridgehead atoms. The van der Waals surface area contributed by atoms with Gasteiger partial charge in [0.05, 0.1) is 5.69 Å². The highest BCUT2D eigenvalue weighted by Crippen LogP contribution is 2.40. The summed E-state index contributed by atoms with van der Waals surface area (Å²) >= 11 is 0. The lowest BCUT2D eigenvalue weighted by atomic mass is 10.2. The van der Waals surface area contributed by atoms with E-state index in [0.29, 0.717) is 18.2 Å². The minimum Gasteiger partial charge on any atom is -0.385 e. The molecule has 1 aliphatic rings. The summed E-state index contributed by atoms with van der Waals surface area (Å²) in [6.45, 7) is 1.49. The quantitative estimate of drug-likeness (QED) is 0.518. The lowest BCUT2D eigenvalue weighted by molar-refractivity contribution is 0.111. The van der Waals surface area contributed by atoms with Gasteiger partial charge in [-0.25, -0.2) is 4.68 Å². The van der Waals surface area contributed by atoms with Crippen molar-refractivity contribution in [3.8, 4) is 0 Å². The Balaban J connectivity index is 2.08. The highest BCUT2D eigenvalue weighted by atomic mass is 16.5. The smallest absolute Gasteiger partial charge is 0.172 e. The third-order valence-electron chi connectivity index (χ3n) is 2.59. The van der Waals surface area contributed by atoms with Crippen molar-refractivity contribution in [1.82, 2.24) is 15.0 Å². The van der Waals surface area contributed by atoms with E-state index in [1.165, 1.54) is 0 Å². The number of hydrogen-bond acceptors (Lipinski definition) is 4. The molecule has 1 aromatic rings. The van der Waals surface area contributed by atoms with Crippen molar-refractivity contribution in [1.29, 1.82) is 0 Å². The topological polar surface area (TPSA) is 57.0 Å². The van der Waals surface area contributed by atoms with Gasteiger partial charge in [0.1, 0.15) is 5.69 Å². The predicted molar refractivity (Wildman–Crippen MR) is 53.9 cm³/mol. The Morgan fingerprint density at radius 1 is 1.60 bits per heavy atom. The lowest BCUT2D eigenvalue weighted by Crippen LogP contribution is -2.07. The first-order valence-corrected chi connectivity index (χ1v) is 5.24. The van der Waals surface area contributed by atoms with E-state index >= 15 is 0 Å². The molecule has 1 saturated carbocycles. The van der Waals surface area contributed by atoms with E-state index in [0.717, 1.165) is 37.8 Å². The number of hydrogen-bond donors (Lipinski definition) is 0. The monoisotopic (exact) mass is 209 g/mol. The van der Waals surface area contributed by atoms with E-state index in [1.807, 2.05) is 4.68 Å². The molecule has 1 fully saturated rings. The predicted octanol–water partition coefficient (Wildman–Crippen LogP) is 1.00. The molecule has 0 spiro atoms. The molecule has 5 heteroatoms. The molecule has 0 radical (unpaired) electrons. The number of aryl methyl sites for hydroxylation is 1. The summed E-state index contributed by atoms with van der Waals surface area (Å²) in [5.74, 6) is 0.503. The van der Waals surface area contributed by atoms with Crippen LogP contribution in [0.25, 0.3) is 0 Å². The lowest BCUT2D eigenvalue weighted by Gasteiger charge is -2.04. The summed E-state index contributed by atoms with van der Waals surface area (Å²) in [5.41, 5.74) is 1.52. The van der Waals surface area contributed by atoms with Gasteiger partial charge in [-0.2, -0.15) is 0 Å². The van der Waals surface area contributed by atoms with Crippen LogP contribution in [0.2, 0.25) is 0 Å². The molecule has 0 aliphatic heterocycles. The average Bonchev–Trinajstić information content (AvgIpc) is 3.00. The molecule has 2 rings (SSSR count). The second-order valence-electron chi connectivity index (χ2n) is 3.82. The second kappa shape index (κ2) is 4.53. The van der Waals surface area contributed by atoms with Gasteiger partial charge < -0.3 is 4.74 Å². The molecule has 1 heterocycles. The highest BCUT2D eigenvalue weighted by Gasteiger charge is 2.30. The van der Waals surface area contributed by atoms with Gasteiger partial charge >= 0.3 is 0 Å². The number of aromatic nitrogens is 3. The third-order valence-corrected chi connectivity index (χ3v) is 2.59. The number of methoxy groups -OCH3 is 1. The Morgan fingerprint density at radius 3 is 3.00 bits per heavy atom. The number of aldehydes is 1. The van der Waals surface area contributed by atoms with Crippen LogP contribution in [0, 0.1) is 0 Å². The molecule has 0 aromatic carbocycles. The number of nitrogens with zero attached hydrogens (tertiary/aromatic N) is 3. The standard InChI is InChI=1S/C10H15N3O2/c1-15-6-2-5-13-10(8-3-4-8)9(7-14)11-12-13/h7-8H,2-6H2,1H3. The van der Waals surface area contributed by atoms with E-state index in [2.05, 4.69) is 10.3 Å². The van der Waals surface area contributed by atoms with E-state index in [4.69, 9.17) is 4.74 Å². The van der Waals surface area contributed by atoms with Gasteiger partial charge in [0.25, 0.3) is 0 Å². The number of ether oxygens (including phenoxy) is 1. The Morgan fingerprint density at radius 2 is 2.40 bits per heavy atom. The molecule has 1 aromatic heterocycles. The van der Waals surface area contributed by atoms with Crippen molar-refractivity contribution < 1.29 is 9.53 Å². The molecule has 0 saturated heterocycles. The molecule has 15 heavy (non-hydrogen) atoms. The molecular weight excluding hydrogens is 194 g/mol. The third kappa shape index (κ3) is 2.23. The molecule has 0 amide bonds. The van der Waals surface area contributed by atoms with Crippen molar-refractivity contribution in [2.24, 2.45) is 0 Å². The van der Waals surface area contributed by atoms with Gasteiger partial charge in [0.2, 0.25) is 0 Å². The van der Waals surface area contributed by atoms with Crippen molar-refractivity contribution in [2.45, 2.75) is 31.7 Å². The fraction of sp³-hybridized carbons (Fsp3) is 0.700.